The molecule has 2 rings (SSSR count). The molecular weight excluding hydrogens is 301 g/mol. The Labute approximate surface area is 124 Å². The van der Waals surface area contributed by atoms with E-state index in [0.717, 1.165) is 25.7 Å². The van der Waals surface area contributed by atoms with Crippen molar-refractivity contribution in [1.82, 2.24) is 4.31 Å². The maximum Gasteiger partial charge on any atom is 0.243 e. The second-order valence-electron chi connectivity index (χ2n) is 5.31. The van der Waals surface area contributed by atoms with Crippen LogP contribution in [0.25, 0.3) is 0 Å². The van der Waals surface area contributed by atoms with Crippen molar-refractivity contribution >= 4 is 21.6 Å². The fourth-order valence-corrected chi connectivity index (χ4v) is 4.43. The smallest absolute Gasteiger partial charge is 0.207 e. The first-order valence-electron chi connectivity index (χ1n) is 6.71. The number of benzene rings is 1. The van der Waals surface area contributed by atoms with Crippen molar-refractivity contribution in [3.8, 4) is 0 Å². The quantitative estimate of drug-likeness (QED) is 0.797. The van der Waals surface area contributed by atoms with Gasteiger partial charge in [-0.1, -0.05) is 12.8 Å². The van der Waals surface area contributed by atoms with E-state index in [1.165, 1.54) is 16.4 Å². The average molecular weight is 320 g/mol. The van der Waals surface area contributed by atoms with Crippen LogP contribution in [0.2, 0.25) is 0 Å². The van der Waals surface area contributed by atoms with Crippen LogP contribution in [-0.4, -0.2) is 25.8 Å². The lowest BCUT2D eigenvalue weighted by Gasteiger charge is -2.24. The maximum atomic E-state index is 13.8. The molecule has 0 atom stereocenters. The van der Waals surface area contributed by atoms with Crippen LogP contribution in [-0.2, 0) is 15.9 Å². The second-order valence-corrected chi connectivity index (χ2v) is 7.57. The zero-order valence-corrected chi connectivity index (χ0v) is 13.3. The van der Waals surface area contributed by atoms with E-state index in [4.69, 9.17) is 11.6 Å². The SMILES string of the molecule is Cc1cc(S(=O)(=O)N(C)C2CCCC2)cc(CCl)c1F. The Morgan fingerprint density at radius 3 is 2.50 bits per heavy atom. The molecular formula is C14H19ClFNO2S. The van der Waals surface area contributed by atoms with Crippen LogP contribution in [0.1, 0.15) is 36.8 Å². The molecule has 1 aliphatic rings. The molecule has 0 unspecified atom stereocenters. The van der Waals surface area contributed by atoms with E-state index >= 15 is 0 Å². The summed E-state index contributed by atoms with van der Waals surface area (Å²) in [6.45, 7) is 1.56. The van der Waals surface area contributed by atoms with Crippen molar-refractivity contribution in [3.63, 3.8) is 0 Å². The zero-order valence-electron chi connectivity index (χ0n) is 11.7. The molecule has 0 heterocycles. The van der Waals surface area contributed by atoms with Gasteiger partial charge in [0.1, 0.15) is 5.82 Å². The van der Waals surface area contributed by atoms with Crippen LogP contribution in [0, 0.1) is 12.7 Å². The van der Waals surface area contributed by atoms with E-state index in [9.17, 15) is 12.8 Å². The molecule has 20 heavy (non-hydrogen) atoms. The molecule has 1 saturated carbocycles. The van der Waals surface area contributed by atoms with Gasteiger partial charge in [-0.3, -0.25) is 0 Å². The fourth-order valence-electron chi connectivity index (χ4n) is 2.68. The molecule has 6 heteroatoms. The summed E-state index contributed by atoms with van der Waals surface area (Å²) in [5.74, 6) is -0.467. The lowest BCUT2D eigenvalue weighted by molar-refractivity contribution is 0.373. The Morgan fingerprint density at radius 1 is 1.35 bits per heavy atom. The van der Waals surface area contributed by atoms with Crippen LogP contribution in [0.15, 0.2) is 17.0 Å². The highest BCUT2D eigenvalue weighted by atomic mass is 35.5. The molecule has 0 radical (unpaired) electrons. The number of sulfonamides is 1. The average Bonchev–Trinajstić information content (AvgIpc) is 2.94. The van der Waals surface area contributed by atoms with Gasteiger partial charge in [-0.2, -0.15) is 4.31 Å². The summed E-state index contributed by atoms with van der Waals surface area (Å²) < 4.78 is 40.4. The highest BCUT2D eigenvalue weighted by Gasteiger charge is 2.30. The Morgan fingerprint density at radius 2 is 1.95 bits per heavy atom. The molecule has 1 aromatic carbocycles. The van der Waals surface area contributed by atoms with Crippen molar-refractivity contribution < 1.29 is 12.8 Å². The molecule has 1 aliphatic carbocycles. The second kappa shape index (κ2) is 6.00. The maximum absolute atomic E-state index is 13.8. The Bertz CT molecular complexity index is 597. The van der Waals surface area contributed by atoms with Gasteiger partial charge < -0.3 is 0 Å². The summed E-state index contributed by atoms with van der Waals surface area (Å²) in [4.78, 5) is 0.126. The summed E-state index contributed by atoms with van der Waals surface area (Å²) in [6.07, 6.45) is 3.89. The Hall–Kier alpha value is -0.650. The van der Waals surface area contributed by atoms with Gasteiger partial charge in [0.05, 0.1) is 10.8 Å². The van der Waals surface area contributed by atoms with Crippen molar-refractivity contribution in [2.45, 2.75) is 49.4 Å². The van der Waals surface area contributed by atoms with Crippen molar-refractivity contribution in [1.29, 1.82) is 0 Å². The van der Waals surface area contributed by atoms with Gasteiger partial charge in [0.25, 0.3) is 0 Å². The summed E-state index contributed by atoms with van der Waals surface area (Å²) in [6, 6.07) is 2.77. The van der Waals surface area contributed by atoms with Gasteiger partial charge in [-0.05, 0) is 37.5 Å². The largest absolute Gasteiger partial charge is 0.243 e. The minimum absolute atomic E-state index is 0.0385. The minimum Gasteiger partial charge on any atom is -0.207 e. The summed E-state index contributed by atoms with van der Waals surface area (Å²) >= 11 is 5.68. The van der Waals surface area contributed by atoms with E-state index in [1.54, 1.807) is 14.0 Å². The first kappa shape index (κ1) is 15.7. The van der Waals surface area contributed by atoms with Crippen molar-refractivity contribution in [2.75, 3.05) is 7.05 Å². The minimum atomic E-state index is -3.59. The predicted molar refractivity (Wildman–Crippen MR) is 77.9 cm³/mol. The predicted octanol–water partition coefficient (Wildman–Crippen LogP) is 3.44. The summed E-state index contributed by atoms with van der Waals surface area (Å²) in [5.41, 5.74) is 0.534. The monoisotopic (exact) mass is 319 g/mol. The first-order valence-corrected chi connectivity index (χ1v) is 8.68. The van der Waals surface area contributed by atoms with E-state index in [0.29, 0.717) is 5.56 Å². The summed E-state index contributed by atoms with van der Waals surface area (Å²) in [7, 11) is -1.98. The third-order valence-corrected chi connectivity index (χ3v) is 6.14. The lowest BCUT2D eigenvalue weighted by Crippen LogP contribution is -2.35. The zero-order chi connectivity index (χ0) is 14.9. The fraction of sp³-hybridized carbons (Fsp3) is 0.571. The highest BCUT2D eigenvalue weighted by molar-refractivity contribution is 7.89. The molecule has 112 valence electrons. The third-order valence-electron chi connectivity index (χ3n) is 3.96. The molecule has 0 N–H and O–H groups in total. The molecule has 1 aromatic rings. The molecule has 0 amide bonds. The number of nitrogens with zero attached hydrogens (tertiary/aromatic N) is 1. The molecule has 0 aliphatic heterocycles. The van der Waals surface area contributed by atoms with Gasteiger partial charge in [0, 0.05) is 18.7 Å². The van der Waals surface area contributed by atoms with Gasteiger partial charge in [-0.25, -0.2) is 12.8 Å². The van der Waals surface area contributed by atoms with Crippen molar-refractivity contribution in [3.05, 3.63) is 29.1 Å². The van der Waals surface area contributed by atoms with E-state index in [1.807, 2.05) is 0 Å². The van der Waals surface area contributed by atoms with Gasteiger partial charge in [0.2, 0.25) is 10.0 Å². The number of rotatable bonds is 4. The highest BCUT2D eigenvalue weighted by Crippen LogP contribution is 2.29. The van der Waals surface area contributed by atoms with Gasteiger partial charge >= 0.3 is 0 Å². The number of hydrogen-bond donors (Lipinski definition) is 0. The molecule has 1 fully saturated rings. The number of alkyl halides is 1. The van der Waals surface area contributed by atoms with E-state index < -0.39 is 15.8 Å². The van der Waals surface area contributed by atoms with Crippen LogP contribution in [0.4, 0.5) is 4.39 Å². The third kappa shape index (κ3) is 2.85. The Balaban J connectivity index is 2.41. The van der Waals surface area contributed by atoms with Crippen molar-refractivity contribution in [2.24, 2.45) is 0 Å². The van der Waals surface area contributed by atoms with Crippen LogP contribution in [0.3, 0.4) is 0 Å². The summed E-state index contributed by atoms with van der Waals surface area (Å²) in [5, 5.41) is 0. The van der Waals surface area contributed by atoms with Crippen LogP contribution < -0.4 is 0 Å². The first-order chi connectivity index (χ1) is 9.37. The van der Waals surface area contributed by atoms with Crippen LogP contribution in [0.5, 0.6) is 0 Å². The lowest BCUT2D eigenvalue weighted by atomic mass is 10.1. The molecule has 0 saturated heterocycles. The Kier molecular flexibility index (Phi) is 4.72. The molecule has 0 spiro atoms. The molecule has 3 nitrogen and oxygen atoms in total. The number of halogens is 2. The van der Waals surface area contributed by atoms with Gasteiger partial charge in [-0.15, -0.1) is 11.6 Å². The van der Waals surface area contributed by atoms with Gasteiger partial charge in [0.15, 0.2) is 0 Å². The normalized spacial score (nSPS) is 17.1. The number of aryl methyl sites for hydroxylation is 1. The topological polar surface area (TPSA) is 37.4 Å². The van der Waals surface area contributed by atoms with Crippen LogP contribution >= 0.6 is 11.6 Å². The number of hydrogen-bond acceptors (Lipinski definition) is 2. The van der Waals surface area contributed by atoms with E-state index in [-0.39, 0.29) is 22.4 Å². The molecule has 0 bridgehead atoms. The van der Waals surface area contributed by atoms with E-state index in [2.05, 4.69) is 0 Å². The standard InChI is InChI=1S/C14H19ClFNO2S/c1-10-7-13(8-11(9-15)14(10)16)20(18,19)17(2)12-5-3-4-6-12/h7-8,12H,3-6,9H2,1-2H3. The molecule has 0 aromatic heterocycles.